The molecule has 3 aliphatic heterocycles. The van der Waals surface area contributed by atoms with Crippen molar-refractivity contribution in [3.63, 3.8) is 0 Å². The van der Waals surface area contributed by atoms with Crippen LogP contribution >= 0.6 is 0 Å². The molecule has 1 spiro atoms. The fraction of sp³-hybridized carbons (Fsp3) is 0.697. The van der Waals surface area contributed by atoms with E-state index >= 15 is 0 Å². The highest BCUT2D eigenvalue weighted by Crippen LogP contribution is 2.59. The lowest BCUT2D eigenvalue weighted by Crippen LogP contribution is -2.58. The van der Waals surface area contributed by atoms with Crippen molar-refractivity contribution in [1.29, 1.82) is 0 Å². The summed E-state index contributed by atoms with van der Waals surface area (Å²) in [6.07, 6.45) is 3.15. The lowest BCUT2D eigenvalue weighted by molar-refractivity contribution is -0.137. The van der Waals surface area contributed by atoms with E-state index in [9.17, 15) is 9.59 Å². The molecule has 1 aromatic rings. The Kier molecular flexibility index (Phi) is 9.33. The van der Waals surface area contributed by atoms with Crippen molar-refractivity contribution in [1.82, 2.24) is 15.1 Å². The van der Waals surface area contributed by atoms with Gasteiger partial charge in [-0.05, 0) is 51.5 Å². The molecule has 42 heavy (non-hydrogen) atoms. The Labute approximate surface area is 250 Å². The van der Waals surface area contributed by atoms with Crippen molar-refractivity contribution in [2.75, 3.05) is 39.9 Å². The second-order valence-electron chi connectivity index (χ2n) is 13.3. The van der Waals surface area contributed by atoms with Gasteiger partial charge in [0, 0.05) is 39.8 Å². The van der Waals surface area contributed by atoms with Gasteiger partial charge in [0.2, 0.25) is 5.91 Å². The zero-order valence-corrected chi connectivity index (χ0v) is 26.1. The van der Waals surface area contributed by atoms with Crippen LogP contribution in [0.5, 0.6) is 0 Å². The number of amides is 2. The topological polar surface area (TPSA) is 96.2 Å². The molecule has 9 heteroatoms. The third-order valence-electron chi connectivity index (χ3n) is 9.63. The largest absolute Gasteiger partial charge is 0.443 e. The molecule has 1 saturated carbocycles. The van der Waals surface area contributed by atoms with Crippen LogP contribution < -0.4 is 5.32 Å². The number of hydrogen-bond donors (Lipinski definition) is 1. The summed E-state index contributed by atoms with van der Waals surface area (Å²) in [4.78, 5) is 31.1. The van der Waals surface area contributed by atoms with Crippen LogP contribution in [-0.2, 0) is 30.3 Å². The quantitative estimate of drug-likeness (QED) is 0.327. The summed E-state index contributed by atoms with van der Waals surface area (Å²) in [6, 6.07) is 9.72. The molecule has 0 bridgehead atoms. The maximum Gasteiger partial charge on any atom is 0.408 e. The lowest BCUT2D eigenvalue weighted by atomic mass is 9.68. The Morgan fingerprint density at radius 2 is 1.83 bits per heavy atom. The van der Waals surface area contributed by atoms with E-state index in [0.717, 1.165) is 32.5 Å². The van der Waals surface area contributed by atoms with Crippen molar-refractivity contribution in [2.45, 2.75) is 96.0 Å². The number of benzene rings is 1. The maximum atomic E-state index is 13.6. The number of hydrogen-bond acceptors (Lipinski definition) is 7. The second-order valence-corrected chi connectivity index (χ2v) is 13.3. The third kappa shape index (κ3) is 6.69. The van der Waals surface area contributed by atoms with Gasteiger partial charge >= 0.3 is 6.09 Å². The minimum atomic E-state index is -0.658. The first-order valence-corrected chi connectivity index (χ1v) is 15.6. The first kappa shape index (κ1) is 31.0. The number of nitrogens with one attached hydrogen (secondary N) is 1. The normalized spacial score (nSPS) is 33.3. The van der Waals surface area contributed by atoms with Crippen LogP contribution in [-0.4, -0.2) is 97.3 Å². The SMILES string of the molecule is CO[C@@H]1[C@H](OC(=O)N[C@@H](C(=O)N2CCN(Cc3ccccc3)CC2)C(C)C)CC[C@]2(CO2)[C@H]1[C@]1(C)O[C@@H]1CC=C(C)C. The van der Waals surface area contributed by atoms with Gasteiger partial charge in [-0.2, -0.15) is 0 Å². The van der Waals surface area contributed by atoms with E-state index in [-0.39, 0.29) is 35.6 Å². The van der Waals surface area contributed by atoms with E-state index in [1.54, 1.807) is 7.11 Å². The number of carbonyl (C=O) groups is 2. The Bertz CT molecular complexity index is 1130. The summed E-state index contributed by atoms with van der Waals surface area (Å²) < 4.78 is 24.4. The Morgan fingerprint density at radius 3 is 2.43 bits per heavy atom. The molecule has 7 atom stereocenters. The molecule has 0 radical (unpaired) electrons. The van der Waals surface area contributed by atoms with Crippen molar-refractivity contribution in [2.24, 2.45) is 11.8 Å². The summed E-state index contributed by atoms with van der Waals surface area (Å²) in [5, 5.41) is 2.91. The number of rotatable bonds is 10. The fourth-order valence-electron chi connectivity index (χ4n) is 7.05. The average molecular weight is 584 g/mol. The highest BCUT2D eigenvalue weighted by Gasteiger charge is 2.72. The van der Waals surface area contributed by atoms with E-state index in [0.29, 0.717) is 26.1 Å². The number of allylic oxidation sites excluding steroid dienone is 1. The fourth-order valence-corrected chi connectivity index (χ4v) is 7.05. The molecule has 2 amide bonds. The van der Waals surface area contributed by atoms with Gasteiger partial charge in [0.1, 0.15) is 29.5 Å². The Balaban J connectivity index is 1.18. The van der Waals surface area contributed by atoms with Crippen LogP contribution in [0.4, 0.5) is 4.79 Å². The van der Waals surface area contributed by atoms with Crippen LogP contribution in [0.1, 0.15) is 59.4 Å². The standard InChI is InChI=1S/C33H49N3O6/c1-22(2)12-13-26-32(5,42-26)29-28(39-6)25(14-15-33(29)21-40-33)41-31(38)34-27(23(3)4)30(37)36-18-16-35(17-19-36)20-24-10-8-7-9-11-24/h7-12,23,25-29H,13-21H2,1-6H3,(H,34,38)/t25-,26-,27-,28-,29-,32-,33+/m1/s1. The highest BCUT2D eigenvalue weighted by atomic mass is 16.6. The molecule has 232 valence electrons. The number of nitrogens with zero attached hydrogens (tertiary/aromatic N) is 2. The molecule has 5 rings (SSSR count). The number of alkyl carbamates (subject to hydrolysis) is 1. The van der Waals surface area contributed by atoms with E-state index in [2.05, 4.69) is 61.3 Å². The van der Waals surface area contributed by atoms with Gasteiger partial charge in [0.05, 0.1) is 18.6 Å². The average Bonchev–Trinajstić information content (AvgIpc) is 3.88. The van der Waals surface area contributed by atoms with Crippen LogP contribution in [0.25, 0.3) is 0 Å². The van der Waals surface area contributed by atoms with Crippen LogP contribution in [0.15, 0.2) is 42.0 Å². The third-order valence-corrected chi connectivity index (χ3v) is 9.63. The molecule has 1 aliphatic carbocycles. The summed E-state index contributed by atoms with van der Waals surface area (Å²) in [5.74, 6) is -0.188. The minimum Gasteiger partial charge on any atom is -0.443 e. The Hall–Kier alpha value is -2.46. The van der Waals surface area contributed by atoms with Crippen LogP contribution in [0, 0.1) is 11.8 Å². The predicted octanol–water partition coefficient (Wildman–Crippen LogP) is 4.16. The molecule has 1 N–H and O–H groups in total. The van der Waals surface area contributed by atoms with Crippen molar-refractivity contribution < 1.29 is 28.5 Å². The van der Waals surface area contributed by atoms with E-state index in [4.69, 9.17) is 18.9 Å². The summed E-state index contributed by atoms with van der Waals surface area (Å²) in [6.45, 7) is 14.6. The van der Waals surface area contributed by atoms with Gasteiger partial charge in [-0.25, -0.2) is 4.79 Å². The van der Waals surface area contributed by atoms with E-state index < -0.39 is 23.8 Å². The Morgan fingerprint density at radius 1 is 1.14 bits per heavy atom. The molecule has 1 aromatic carbocycles. The monoisotopic (exact) mass is 583 g/mol. The predicted molar refractivity (Wildman–Crippen MR) is 160 cm³/mol. The van der Waals surface area contributed by atoms with Crippen LogP contribution in [0.3, 0.4) is 0 Å². The van der Waals surface area contributed by atoms with Crippen LogP contribution in [0.2, 0.25) is 0 Å². The molecule has 4 aliphatic rings. The van der Waals surface area contributed by atoms with Gasteiger partial charge < -0.3 is 29.2 Å². The summed E-state index contributed by atoms with van der Waals surface area (Å²) >= 11 is 0. The number of methoxy groups -OCH3 is 1. The molecule has 3 saturated heterocycles. The van der Waals surface area contributed by atoms with Gasteiger partial charge in [-0.1, -0.05) is 55.8 Å². The highest BCUT2D eigenvalue weighted by molar-refractivity contribution is 5.86. The first-order valence-electron chi connectivity index (χ1n) is 15.6. The zero-order valence-electron chi connectivity index (χ0n) is 26.1. The first-order chi connectivity index (χ1) is 20.1. The molecule has 9 nitrogen and oxygen atoms in total. The molecule has 4 fully saturated rings. The minimum absolute atomic E-state index is 0.0492. The lowest BCUT2D eigenvalue weighted by Gasteiger charge is -2.42. The van der Waals surface area contributed by atoms with Gasteiger partial charge in [-0.15, -0.1) is 0 Å². The van der Waals surface area contributed by atoms with Gasteiger partial charge in [0.25, 0.3) is 0 Å². The van der Waals surface area contributed by atoms with Crippen molar-refractivity contribution in [3.8, 4) is 0 Å². The number of epoxide rings is 2. The zero-order chi connectivity index (χ0) is 30.1. The number of piperazine rings is 1. The van der Waals surface area contributed by atoms with Gasteiger partial charge in [-0.3, -0.25) is 9.69 Å². The molecular formula is C33H49N3O6. The van der Waals surface area contributed by atoms with Gasteiger partial charge in [0.15, 0.2) is 0 Å². The molecule has 3 heterocycles. The maximum absolute atomic E-state index is 13.6. The second kappa shape index (κ2) is 12.6. The number of carbonyl (C=O) groups excluding carboxylic acids is 2. The number of ether oxygens (including phenoxy) is 4. The van der Waals surface area contributed by atoms with Crippen molar-refractivity contribution >= 4 is 12.0 Å². The molecular weight excluding hydrogens is 534 g/mol. The van der Waals surface area contributed by atoms with E-state index in [1.807, 2.05) is 24.8 Å². The molecule has 0 aromatic heterocycles. The molecule has 0 unspecified atom stereocenters. The van der Waals surface area contributed by atoms with Crippen molar-refractivity contribution in [3.05, 3.63) is 47.5 Å². The smallest absolute Gasteiger partial charge is 0.408 e. The summed E-state index contributed by atoms with van der Waals surface area (Å²) in [5.41, 5.74) is 1.84. The van der Waals surface area contributed by atoms with E-state index in [1.165, 1.54) is 11.1 Å². The summed E-state index contributed by atoms with van der Waals surface area (Å²) in [7, 11) is 1.67.